The Hall–Kier alpha value is -0.990. The summed E-state index contributed by atoms with van der Waals surface area (Å²) in [5.41, 5.74) is 7.17. The lowest BCUT2D eigenvalue weighted by Gasteiger charge is -2.21. The van der Waals surface area contributed by atoms with Gasteiger partial charge >= 0.3 is 5.97 Å². The van der Waals surface area contributed by atoms with Crippen LogP contribution in [-0.4, -0.2) is 12.6 Å². The zero-order valence-corrected chi connectivity index (χ0v) is 8.30. The van der Waals surface area contributed by atoms with E-state index in [0.717, 1.165) is 25.0 Å². The molecule has 0 spiro atoms. The SMILES string of the molecule is CCOC(=O)C1=C(N)CCC(C)C1. The summed E-state index contributed by atoms with van der Waals surface area (Å²) in [5.74, 6) is 0.318. The van der Waals surface area contributed by atoms with Crippen molar-refractivity contribution < 1.29 is 9.53 Å². The van der Waals surface area contributed by atoms with Crippen LogP contribution >= 0.6 is 0 Å². The lowest BCUT2D eigenvalue weighted by molar-refractivity contribution is -0.139. The Balaban J connectivity index is 2.70. The number of carbonyl (C=O) groups is 1. The predicted molar refractivity (Wildman–Crippen MR) is 50.9 cm³/mol. The number of ether oxygens (including phenoxy) is 1. The van der Waals surface area contributed by atoms with Crippen molar-refractivity contribution >= 4 is 5.97 Å². The molecule has 1 unspecified atom stereocenters. The second-order valence-electron chi connectivity index (χ2n) is 3.57. The third-order valence-electron chi connectivity index (χ3n) is 2.37. The predicted octanol–water partition coefficient (Wildman–Crippen LogP) is 1.58. The molecule has 74 valence electrons. The highest BCUT2D eigenvalue weighted by atomic mass is 16.5. The molecule has 0 amide bonds. The molecular weight excluding hydrogens is 166 g/mol. The van der Waals surface area contributed by atoms with Gasteiger partial charge in [-0.15, -0.1) is 0 Å². The fourth-order valence-corrected chi connectivity index (χ4v) is 1.57. The molecule has 1 atom stereocenters. The number of allylic oxidation sites excluding steroid dienone is 1. The van der Waals surface area contributed by atoms with Crippen LogP contribution in [0.25, 0.3) is 0 Å². The molecule has 0 aromatic carbocycles. The van der Waals surface area contributed by atoms with Gasteiger partial charge in [0.05, 0.1) is 12.2 Å². The van der Waals surface area contributed by atoms with E-state index in [4.69, 9.17) is 10.5 Å². The molecule has 0 aromatic heterocycles. The molecule has 1 rings (SSSR count). The van der Waals surface area contributed by atoms with E-state index >= 15 is 0 Å². The van der Waals surface area contributed by atoms with Gasteiger partial charge in [-0.1, -0.05) is 6.92 Å². The van der Waals surface area contributed by atoms with E-state index in [-0.39, 0.29) is 5.97 Å². The average molecular weight is 183 g/mol. The van der Waals surface area contributed by atoms with Crippen molar-refractivity contribution in [3.8, 4) is 0 Å². The smallest absolute Gasteiger partial charge is 0.335 e. The maximum atomic E-state index is 11.4. The van der Waals surface area contributed by atoms with Gasteiger partial charge in [0.2, 0.25) is 0 Å². The molecule has 1 aliphatic rings. The van der Waals surface area contributed by atoms with Crippen LogP contribution in [0, 0.1) is 5.92 Å². The van der Waals surface area contributed by atoms with Gasteiger partial charge < -0.3 is 10.5 Å². The number of carbonyl (C=O) groups excluding carboxylic acids is 1. The van der Waals surface area contributed by atoms with Crippen molar-refractivity contribution in [1.82, 2.24) is 0 Å². The summed E-state index contributed by atoms with van der Waals surface area (Å²) in [5, 5.41) is 0. The second-order valence-corrected chi connectivity index (χ2v) is 3.57. The van der Waals surface area contributed by atoms with Crippen molar-refractivity contribution in [2.75, 3.05) is 6.61 Å². The maximum absolute atomic E-state index is 11.4. The van der Waals surface area contributed by atoms with Gasteiger partial charge in [-0.25, -0.2) is 4.79 Å². The van der Waals surface area contributed by atoms with Crippen molar-refractivity contribution in [2.24, 2.45) is 11.7 Å². The third-order valence-corrected chi connectivity index (χ3v) is 2.37. The molecule has 0 saturated heterocycles. The first-order valence-electron chi connectivity index (χ1n) is 4.79. The minimum Gasteiger partial charge on any atom is -0.463 e. The van der Waals surface area contributed by atoms with Crippen LogP contribution < -0.4 is 5.73 Å². The van der Waals surface area contributed by atoms with E-state index in [0.29, 0.717) is 18.1 Å². The van der Waals surface area contributed by atoms with Gasteiger partial charge in [0, 0.05) is 5.70 Å². The monoisotopic (exact) mass is 183 g/mol. The minimum atomic E-state index is -0.230. The highest BCUT2D eigenvalue weighted by Crippen LogP contribution is 2.27. The normalized spacial score (nSPS) is 23.1. The van der Waals surface area contributed by atoms with Crippen LogP contribution in [0.1, 0.15) is 33.1 Å². The highest BCUT2D eigenvalue weighted by Gasteiger charge is 2.22. The number of esters is 1. The zero-order chi connectivity index (χ0) is 9.84. The van der Waals surface area contributed by atoms with E-state index in [1.54, 1.807) is 6.92 Å². The summed E-state index contributed by atoms with van der Waals surface area (Å²) in [6.07, 6.45) is 2.68. The number of rotatable bonds is 2. The van der Waals surface area contributed by atoms with Crippen molar-refractivity contribution in [2.45, 2.75) is 33.1 Å². The number of hydrogen-bond acceptors (Lipinski definition) is 3. The van der Waals surface area contributed by atoms with E-state index in [9.17, 15) is 4.79 Å². The molecule has 0 aromatic rings. The molecule has 3 heteroatoms. The molecule has 0 saturated carbocycles. The van der Waals surface area contributed by atoms with Crippen LogP contribution in [0.15, 0.2) is 11.3 Å². The molecule has 0 fully saturated rings. The maximum Gasteiger partial charge on any atom is 0.335 e. The third kappa shape index (κ3) is 2.47. The Kier molecular flexibility index (Phi) is 3.34. The molecule has 0 bridgehead atoms. The zero-order valence-electron chi connectivity index (χ0n) is 8.30. The van der Waals surface area contributed by atoms with Crippen LogP contribution in [-0.2, 0) is 9.53 Å². The van der Waals surface area contributed by atoms with Gasteiger partial charge in [0.25, 0.3) is 0 Å². The molecule has 0 heterocycles. The molecular formula is C10H17NO2. The van der Waals surface area contributed by atoms with Crippen LogP contribution in [0.3, 0.4) is 0 Å². The standard InChI is InChI=1S/C10H17NO2/c1-3-13-10(12)8-6-7(2)4-5-9(8)11/h7H,3-6,11H2,1-2H3. The molecule has 3 nitrogen and oxygen atoms in total. The number of hydrogen-bond donors (Lipinski definition) is 1. The van der Waals surface area contributed by atoms with Crippen LogP contribution in [0.2, 0.25) is 0 Å². The quantitative estimate of drug-likeness (QED) is 0.661. The molecule has 1 aliphatic carbocycles. The van der Waals surface area contributed by atoms with Gasteiger partial charge in [-0.2, -0.15) is 0 Å². The van der Waals surface area contributed by atoms with Gasteiger partial charge in [-0.3, -0.25) is 0 Å². The Morgan fingerprint density at radius 1 is 1.69 bits per heavy atom. The highest BCUT2D eigenvalue weighted by molar-refractivity contribution is 5.89. The van der Waals surface area contributed by atoms with E-state index in [1.165, 1.54) is 0 Å². The van der Waals surface area contributed by atoms with E-state index in [1.807, 2.05) is 0 Å². The second kappa shape index (κ2) is 4.30. The van der Waals surface area contributed by atoms with Gasteiger partial charge in [0.15, 0.2) is 0 Å². The summed E-state index contributed by atoms with van der Waals surface area (Å²) < 4.78 is 4.92. The molecule has 13 heavy (non-hydrogen) atoms. The minimum absolute atomic E-state index is 0.230. The Bertz CT molecular complexity index is 233. The first kappa shape index (κ1) is 10.1. The van der Waals surface area contributed by atoms with Gasteiger partial charge in [0.1, 0.15) is 0 Å². The summed E-state index contributed by atoms with van der Waals surface area (Å²) in [6.45, 7) is 4.36. The Morgan fingerprint density at radius 2 is 2.38 bits per heavy atom. The Morgan fingerprint density at radius 3 is 3.00 bits per heavy atom. The van der Waals surface area contributed by atoms with Crippen molar-refractivity contribution in [3.05, 3.63) is 11.3 Å². The summed E-state index contributed by atoms with van der Waals surface area (Å²) in [4.78, 5) is 11.4. The van der Waals surface area contributed by atoms with Crippen LogP contribution in [0.5, 0.6) is 0 Å². The fraction of sp³-hybridized carbons (Fsp3) is 0.700. The summed E-state index contributed by atoms with van der Waals surface area (Å²) in [6, 6.07) is 0. The Labute approximate surface area is 78.9 Å². The van der Waals surface area contributed by atoms with Crippen molar-refractivity contribution in [3.63, 3.8) is 0 Å². The molecule has 0 aliphatic heterocycles. The molecule has 0 radical (unpaired) electrons. The van der Waals surface area contributed by atoms with Crippen LogP contribution in [0.4, 0.5) is 0 Å². The number of nitrogens with two attached hydrogens (primary N) is 1. The summed E-state index contributed by atoms with van der Waals surface area (Å²) >= 11 is 0. The van der Waals surface area contributed by atoms with E-state index in [2.05, 4.69) is 6.92 Å². The first-order valence-corrected chi connectivity index (χ1v) is 4.79. The fourth-order valence-electron chi connectivity index (χ4n) is 1.57. The van der Waals surface area contributed by atoms with E-state index < -0.39 is 0 Å². The largest absolute Gasteiger partial charge is 0.463 e. The lowest BCUT2D eigenvalue weighted by Crippen LogP contribution is -2.20. The lowest BCUT2D eigenvalue weighted by atomic mass is 9.88. The average Bonchev–Trinajstić information content (AvgIpc) is 2.09. The summed E-state index contributed by atoms with van der Waals surface area (Å²) in [7, 11) is 0. The van der Waals surface area contributed by atoms with Gasteiger partial charge in [-0.05, 0) is 32.1 Å². The van der Waals surface area contributed by atoms with Crippen molar-refractivity contribution in [1.29, 1.82) is 0 Å². The molecule has 2 N–H and O–H groups in total. The first-order chi connectivity index (χ1) is 6.15. The topological polar surface area (TPSA) is 52.3 Å².